The number of carboxylic acid groups (broad SMARTS) is 1. The molecule has 1 aliphatic rings. The van der Waals surface area contributed by atoms with Gasteiger partial charge in [0.1, 0.15) is 5.75 Å². The van der Waals surface area contributed by atoms with E-state index in [1.807, 2.05) is 38.1 Å². The van der Waals surface area contributed by atoms with Crippen molar-refractivity contribution in [1.29, 1.82) is 0 Å². The molecule has 1 aromatic carbocycles. The molecule has 2 unspecified atom stereocenters. The quantitative estimate of drug-likeness (QED) is 0.873. The van der Waals surface area contributed by atoms with Crippen LogP contribution < -0.4 is 10.1 Å². The zero-order valence-corrected chi connectivity index (χ0v) is 13.6. The monoisotopic (exact) mass is 320 g/mol. The number of benzene rings is 1. The number of amides is 2. The fourth-order valence-corrected chi connectivity index (χ4v) is 2.93. The molecule has 0 radical (unpaired) electrons. The molecule has 0 spiro atoms. The van der Waals surface area contributed by atoms with Crippen molar-refractivity contribution >= 4 is 12.0 Å². The molecule has 1 aromatic rings. The maximum absolute atomic E-state index is 12.3. The number of rotatable bonds is 5. The number of carboxylic acids is 1. The van der Waals surface area contributed by atoms with Crippen LogP contribution in [-0.4, -0.2) is 41.7 Å². The minimum atomic E-state index is -0.837. The molecule has 6 nitrogen and oxygen atoms in total. The average Bonchev–Trinajstić information content (AvgIpc) is 2.53. The molecule has 2 amide bonds. The van der Waals surface area contributed by atoms with Gasteiger partial charge in [-0.3, -0.25) is 4.79 Å². The van der Waals surface area contributed by atoms with E-state index in [4.69, 9.17) is 4.74 Å². The van der Waals surface area contributed by atoms with Crippen LogP contribution in [0.25, 0.3) is 0 Å². The first-order valence-electron chi connectivity index (χ1n) is 7.97. The molecular weight excluding hydrogens is 296 g/mol. The summed E-state index contributed by atoms with van der Waals surface area (Å²) in [5, 5.41) is 12.0. The third-order valence-electron chi connectivity index (χ3n) is 4.00. The molecule has 1 fully saturated rings. The number of likely N-dealkylation sites (tertiary alicyclic amines) is 1. The third kappa shape index (κ3) is 4.61. The first kappa shape index (κ1) is 17.1. The molecule has 1 heterocycles. The predicted octanol–water partition coefficient (Wildman–Crippen LogP) is 2.34. The van der Waals surface area contributed by atoms with Crippen molar-refractivity contribution in [2.24, 2.45) is 11.8 Å². The number of carbonyl (C=O) groups excluding carboxylic acids is 1. The van der Waals surface area contributed by atoms with E-state index in [0.717, 1.165) is 11.3 Å². The summed E-state index contributed by atoms with van der Waals surface area (Å²) in [7, 11) is 0. The molecule has 1 aliphatic heterocycles. The van der Waals surface area contributed by atoms with Gasteiger partial charge in [-0.2, -0.15) is 0 Å². The van der Waals surface area contributed by atoms with Crippen molar-refractivity contribution < 1.29 is 19.4 Å². The summed E-state index contributed by atoms with van der Waals surface area (Å²) in [5.74, 6) is -0.381. The highest BCUT2D eigenvalue weighted by molar-refractivity contribution is 5.76. The Hall–Kier alpha value is -2.24. The normalized spacial score (nSPS) is 20.9. The third-order valence-corrected chi connectivity index (χ3v) is 4.00. The van der Waals surface area contributed by atoms with Crippen LogP contribution in [0.3, 0.4) is 0 Å². The van der Waals surface area contributed by atoms with Gasteiger partial charge >= 0.3 is 12.0 Å². The molecule has 23 heavy (non-hydrogen) atoms. The van der Waals surface area contributed by atoms with E-state index in [1.165, 1.54) is 0 Å². The zero-order valence-electron chi connectivity index (χ0n) is 13.6. The highest BCUT2D eigenvalue weighted by atomic mass is 16.5. The van der Waals surface area contributed by atoms with Crippen molar-refractivity contribution in [2.75, 3.05) is 19.7 Å². The van der Waals surface area contributed by atoms with E-state index in [0.29, 0.717) is 26.1 Å². The number of nitrogens with zero attached hydrogens (tertiary/aromatic N) is 1. The van der Waals surface area contributed by atoms with E-state index in [9.17, 15) is 14.7 Å². The number of para-hydroxylation sites is 1. The summed E-state index contributed by atoms with van der Waals surface area (Å²) in [4.78, 5) is 25.1. The number of urea groups is 1. The lowest BCUT2D eigenvalue weighted by molar-refractivity contribution is -0.143. The summed E-state index contributed by atoms with van der Waals surface area (Å²) in [5.41, 5.74) is 0.905. The van der Waals surface area contributed by atoms with Crippen LogP contribution in [0.5, 0.6) is 5.75 Å². The summed E-state index contributed by atoms with van der Waals surface area (Å²) in [6.07, 6.45) is 0.617. The number of hydrogen-bond donors (Lipinski definition) is 2. The number of carbonyl (C=O) groups is 2. The first-order valence-corrected chi connectivity index (χ1v) is 7.97. The standard InChI is InChI=1S/C17H24N2O4/c1-3-23-15-7-5-4-6-13(15)9-18-17(22)19-10-12(2)8-14(11-19)16(20)21/h4-7,12,14H,3,8-11H2,1-2H3,(H,18,22)(H,20,21). The van der Waals surface area contributed by atoms with Gasteiger partial charge in [0, 0.05) is 25.2 Å². The van der Waals surface area contributed by atoms with Gasteiger partial charge in [-0.05, 0) is 25.3 Å². The highest BCUT2D eigenvalue weighted by Gasteiger charge is 2.31. The SMILES string of the molecule is CCOc1ccccc1CNC(=O)N1CC(C)CC(C(=O)O)C1. The summed E-state index contributed by atoms with van der Waals surface area (Å²) in [6, 6.07) is 7.33. The number of aliphatic carboxylic acids is 1. The van der Waals surface area contributed by atoms with E-state index in [-0.39, 0.29) is 18.5 Å². The molecule has 0 aliphatic carbocycles. The highest BCUT2D eigenvalue weighted by Crippen LogP contribution is 2.22. The Labute approximate surface area is 136 Å². The van der Waals surface area contributed by atoms with Gasteiger partial charge in [-0.25, -0.2) is 4.79 Å². The van der Waals surface area contributed by atoms with Crippen LogP contribution in [0, 0.1) is 11.8 Å². The van der Waals surface area contributed by atoms with E-state index in [1.54, 1.807) is 4.90 Å². The molecule has 2 N–H and O–H groups in total. The molecule has 2 rings (SSSR count). The number of piperidine rings is 1. The maximum atomic E-state index is 12.3. The van der Waals surface area contributed by atoms with Gasteiger partial charge in [0.05, 0.1) is 12.5 Å². The summed E-state index contributed by atoms with van der Waals surface area (Å²) >= 11 is 0. The molecule has 0 aromatic heterocycles. The minimum Gasteiger partial charge on any atom is -0.494 e. The Morgan fingerprint density at radius 3 is 2.78 bits per heavy atom. The Bertz CT molecular complexity index is 561. The van der Waals surface area contributed by atoms with E-state index < -0.39 is 11.9 Å². The van der Waals surface area contributed by atoms with Crippen molar-refractivity contribution in [3.8, 4) is 5.75 Å². The van der Waals surface area contributed by atoms with Crippen molar-refractivity contribution in [2.45, 2.75) is 26.8 Å². The lowest BCUT2D eigenvalue weighted by atomic mass is 9.91. The zero-order chi connectivity index (χ0) is 16.8. The van der Waals surface area contributed by atoms with Crippen LogP contribution in [-0.2, 0) is 11.3 Å². The smallest absolute Gasteiger partial charge is 0.317 e. The second-order valence-corrected chi connectivity index (χ2v) is 5.98. The number of nitrogens with one attached hydrogen (secondary N) is 1. The van der Waals surface area contributed by atoms with Gasteiger partial charge < -0.3 is 20.1 Å². The van der Waals surface area contributed by atoms with Gasteiger partial charge in [0.2, 0.25) is 0 Å². The molecule has 6 heteroatoms. The second kappa shape index (κ2) is 7.85. The van der Waals surface area contributed by atoms with Crippen molar-refractivity contribution in [3.05, 3.63) is 29.8 Å². The molecule has 1 saturated heterocycles. The fourth-order valence-electron chi connectivity index (χ4n) is 2.93. The van der Waals surface area contributed by atoms with Crippen LogP contribution in [0.15, 0.2) is 24.3 Å². The largest absolute Gasteiger partial charge is 0.494 e. The van der Waals surface area contributed by atoms with Crippen LogP contribution in [0.2, 0.25) is 0 Å². The maximum Gasteiger partial charge on any atom is 0.317 e. The van der Waals surface area contributed by atoms with E-state index in [2.05, 4.69) is 5.32 Å². The first-order chi connectivity index (χ1) is 11.0. The lowest BCUT2D eigenvalue weighted by Gasteiger charge is -2.34. The Balaban J connectivity index is 1.95. The molecule has 0 bridgehead atoms. The van der Waals surface area contributed by atoms with Gasteiger partial charge in [0.15, 0.2) is 0 Å². The average molecular weight is 320 g/mol. The molecule has 0 saturated carbocycles. The topological polar surface area (TPSA) is 78.9 Å². The Kier molecular flexibility index (Phi) is 5.84. The summed E-state index contributed by atoms with van der Waals surface area (Å²) in [6.45, 7) is 5.66. The number of ether oxygens (including phenoxy) is 1. The predicted molar refractivity (Wildman–Crippen MR) is 86.3 cm³/mol. The fraction of sp³-hybridized carbons (Fsp3) is 0.529. The van der Waals surface area contributed by atoms with Crippen molar-refractivity contribution in [1.82, 2.24) is 10.2 Å². The van der Waals surface area contributed by atoms with Crippen molar-refractivity contribution in [3.63, 3.8) is 0 Å². The van der Waals surface area contributed by atoms with Gasteiger partial charge in [-0.15, -0.1) is 0 Å². The lowest BCUT2D eigenvalue weighted by Crippen LogP contribution is -2.49. The second-order valence-electron chi connectivity index (χ2n) is 5.98. The van der Waals surface area contributed by atoms with Crippen LogP contribution in [0.1, 0.15) is 25.8 Å². The molecule has 126 valence electrons. The van der Waals surface area contributed by atoms with Crippen LogP contribution in [0.4, 0.5) is 4.79 Å². The molecule has 2 atom stereocenters. The van der Waals surface area contributed by atoms with Crippen LogP contribution >= 0.6 is 0 Å². The number of hydrogen-bond acceptors (Lipinski definition) is 3. The Morgan fingerprint density at radius 2 is 2.09 bits per heavy atom. The Morgan fingerprint density at radius 1 is 1.35 bits per heavy atom. The molecular formula is C17H24N2O4. The van der Waals surface area contributed by atoms with Gasteiger partial charge in [0.25, 0.3) is 0 Å². The minimum absolute atomic E-state index is 0.186. The van der Waals surface area contributed by atoms with E-state index >= 15 is 0 Å². The van der Waals surface area contributed by atoms with Gasteiger partial charge in [-0.1, -0.05) is 25.1 Å². The summed E-state index contributed by atoms with van der Waals surface area (Å²) < 4.78 is 5.54.